The maximum absolute atomic E-state index is 12.0. The van der Waals surface area contributed by atoms with Gasteiger partial charge in [0, 0.05) is 5.38 Å². The molecule has 2 atom stereocenters. The molecule has 11 heavy (non-hydrogen) atoms. The molecule has 0 spiro atoms. The van der Waals surface area contributed by atoms with E-state index in [1.54, 1.807) is 13.8 Å². The maximum atomic E-state index is 12.0. The third-order valence-corrected chi connectivity index (χ3v) is 2.36. The van der Waals surface area contributed by atoms with Gasteiger partial charge in [-0.25, -0.2) is 0 Å². The fourth-order valence-electron chi connectivity index (χ4n) is 0.962. The highest BCUT2D eigenvalue weighted by Crippen LogP contribution is 2.13. The van der Waals surface area contributed by atoms with Crippen LogP contribution in [0.3, 0.4) is 0 Å². The minimum atomic E-state index is -4.33. The summed E-state index contributed by atoms with van der Waals surface area (Å²) in [5.41, 5.74) is 0. The normalized spacial score (nSPS) is 17.8. The molecule has 0 aromatic heterocycles. The number of rotatable bonds is 4. The molecule has 0 aliphatic rings. The van der Waals surface area contributed by atoms with Crippen molar-refractivity contribution in [1.29, 1.82) is 0 Å². The molecule has 0 amide bonds. The largest absolute Gasteiger partial charge is 0.302 e. The Morgan fingerprint density at radius 1 is 1.45 bits per heavy atom. The first kappa shape index (κ1) is 11.2. The summed E-state index contributed by atoms with van der Waals surface area (Å²) in [6.45, 7) is 3.42. The zero-order valence-electron chi connectivity index (χ0n) is 6.55. The predicted molar refractivity (Wildman–Crippen MR) is 44.0 cm³/mol. The lowest BCUT2D eigenvalue weighted by Gasteiger charge is -2.08. The molecule has 0 aromatic rings. The highest BCUT2D eigenvalue weighted by Gasteiger charge is 2.15. The Labute approximate surface area is 72.0 Å². The van der Waals surface area contributed by atoms with E-state index in [0.29, 0.717) is 6.42 Å². The molecule has 0 heterocycles. The summed E-state index contributed by atoms with van der Waals surface area (Å²) in [5, 5.41) is -0.105. The van der Waals surface area contributed by atoms with Gasteiger partial charge in [-0.1, -0.05) is 6.92 Å². The van der Waals surface area contributed by atoms with Crippen LogP contribution >= 0.6 is 11.6 Å². The van der Waals surface area contributed by atoms with Gasteiger partial charge >= 0.3 is 10.2 Å². The smallest absolute Gasteiger partial charge is 0.195 e. The van der Waals surface area contributed by atoms with Gasteiger partial charge in [0.05, 0.1) is 5.75 Å². The Kier molecular flexibility index (Phi) is 4.32. The van der Waals surface area contributed by atoms with Crippen LogP contribution in [0.15, 0.2) is 0 Å². The number of halogens is 2. The second-order valence-corrected chi connectivity index (χ2v) is 4.98. The molecule has 0 radical (unpaired) electrons. The zero-order chi connectivity index (χ0) is 9.07. The monoisotopic (exact) mass is 202 g/mol. The van der Waals surface area contributed by atoms with E-state index in [9.17, 15) is 12.3 Å². The molecular weight excluding hydrogens is 191 g/mol. The summed E-state index contributed by atoms with van der Waals surface area (Å²) in [4.78, 5) is 0. The van der Waals surface area contributed by atoms with Crippen molar-refractivity contribution in [2.75, 3.05) is 5.75 Å². The number of hydrogen-bond acceptors (Lipinski definition) is 2. The van der Waals surface area contributed by atoms with E-state index in [-0.39, 0.29) is 11.3 Å². The van der Waals surface area contributed by atoms with E-state index in [0.717, 1.165) is 0 Å². The van der Waals surface area contributed by atoms with E-state index >= 15 is 0 Å². The van der Waals surface area contributed by atoms with E-state index in [2.05, 4.69) is 0 Å². The Balaban J connectivity index is 3.80. The summed E-state index contributed by atoms with van der Waals surface area (Å²) in [6, 6.07) is 0. The van der Waals surface area contributed by atoms with E-state index in [1.807, 2.05) is 0 Å². The molecule has 0 aromatic carbocycles. The first-order valence-electron chi connectivity index (χ1n) is 3.37. The standard InChI is InChI=1S/C6H12ClFO2S/c1-5(3-6(2)7)4-11(8,9)10/h5-6H,3-4H2,1-2H3. The van der Waals surface area contributed by atoms with Crippen molar-refractivity contribution < 1.29 is 12.3 Å². The molecule has 0 saturated heterocycles. The highest BCUT2D eigenvalue weighted by atomic mass is 35.5. The Bertz CT molecular complexity index is 201. The molecule has 2 unspecified atom stereocenters. The van der Waals surface area contributed by atoms with Crippen molar-refractivity contribution in [3.05, 3.63) is 0 Å². The second kappa shape index (κ2) is 4.26. The van der Waals surface area contributed by atoms with Crippen LogP contribution < -0.4 is 0 Å². The molecule has 0 rings (SSSR count). The predicted octanol–water partition coefficient (Wildman–Crippen LogP) is 1.94. The van der Waals surface area contributed by atoms with Gasteiger partial charge in [-0.05, 0) is 19.3 Å². The summed E-state index contributed by atoms with van der Waals surface area (Å²) < 4.78 is 32.2. The van der Waals surface area contributed by atoms with Gasteiger partial charge in [0.2, 0.25) is 0 Å². The van der Waals surface area contributed by atoms with Gasteiger partial charge in [-0.2, -0.15) is 8.42 Å². The second-order valence-electron chi connectivity index (χ2n) is 2.83. The topological polar surface area (TPSA) is 34.1 Å². The fraction of sp³-hybridized carbons (Fsp3) is 1.00. The molecule has 0 saturated carbocycles. The minimum absolute atomic E-state index is 0.105. The van der Waals surface area contributed by atoms with Crippen LogP contribution in [-0.4, -0.2) is 19.5 Å². The fourth-order valence-corrected chi connectivity index (χ4v) is 2.08. The van der Waals surface area contributed by atoms with Crippen LogP contribution in [0.25, 0.3) is 0 Å². The van der Waals surface area contributed by atoms with Crippen molar-refractivity contribution in [2.45, 2.75) is 25.6 Å². The van der Waals surface area contributed by atoms with Gasteiger partial charge in [-0.3, -0.25) is 0 Å². The average Bonchev–Trinajstić information content (AvgIpc) is 1.53. The van der Waals surface area contributed by atoms with Crippen molar-refractivity contribution in [1.82, 2.24) is 0 Å². The van der Waals surface area contributed by atoms with Crippen LogP contribution in [0.2, 0.25) is 0 Å². The minimum Gasteiger partial charge on any atom is -0.195 e. The summed E-state index contributed by atoms with van der Waals surface area (Å²) >= 11 is 5.58. The third-order valence-electron chi connectivity index (χ3n) is 1.21. The Morgan fingerprint density at radius 2 is 1.91 bits per heavy atom. The van der Waals surface area contributed by atoms with E-state index in [4.69, 9.17) is 11.6 Å². The summed E-state index contributed by atoms with van der Waals surface area (Å²) in [7, 11) is -4.33. The maximum Gasteiger partial charge on any atom is 0.302 e. The lowest BCUT2D eigenvalue weighted by molar-refractivity contribution is 0.517. The number of alkyl halides is 1. The van der Waals surface area contributed by atoms with Gasteiger partial charge < -0.3 is 0 Å². The van der Waals surface area contributed by atoms with Crippen LogP contribution in [0, 0.1) is 5.92 Å². The zero-order valence-corrected chi connectivity index (χ0v) is 8.12. The van der Waals surface area contributed by atoms with Crippen LogP contribution in [0.4, 0.5) is 3.89 Å². The van der Waals surface area contributed by atoms with Gasteiger partial charge in [0.15, 0.2) is 0 Å². The van der Waals surface area contributed by atoms with Gasteiger partial charge in [0.25, 0.3) is 0 Å². The molecule has 0 fully saturated rings. The van der Waals surface area contributed by atoms with Gasteiger partial charge in [0.1, 0.15) is 0 Å². The molecule has 2 nitrogen and oxygen atoms in total. The van der Waals surface area contributed by atoms with Crippen molar-refractivity contribution >= 4 is 21.8 Å². The van der Waals surface area contributed by atoms with E-state index in [1.165, 1.54) is 0 Å². The number of hydrogen-bond donors (Lipinski definition) is 0. The molecular formula is C6H12ClFO2S. The first-order chi connectivity index (χ1) is 4.81. The van der Waals surface area contributed by atoms with Gasteiger partial charge in [-0.15, -0.1) is 15.5 Å². The lowest BCUT2D eigenvalue weighted by Crippen LogP contribution is -2.12. The molecule has 0 aliphatic carbocycles. The first-order valence-corrected chi connectivity index (χ1v) is 5.36. The Hall–Kier alpha value is 0.170. The van der Waals surface area contributed by atoms with Crippen molar-refractivity contribution in [2.24, 2.45) is 5.92 Å². The Morgan fingerprint density at radius 3 is 2.18 bits per heavy atom. The van der Waals surface area contributed by atoms with Crippen LogP contribution in [0.5, 0.6) is 0 Å². The lowest BCUT2D eigenvalue weighted by atomic mass is 10.1. The molecule has 0 aliphatic heterocycles. The third kappa shape index (κ3) is 8.07. The van der Waals surface area contributed by atoms with E-state index < -0.39 is 16.0 Å². The molecule has 0 N–H and O–H groups in total. The molecule has 68 valence electrons. The average molecular weight is 203 g/mol. The van der Waals surface area contributed by atoms with Crippen molar-refractivity contribution in [3.8, 4) is 0 Å². The van der Waals surface area contributed by atoms with Crippen molar-refractivity contribution in [3.63, 3.8) is 0 Å². The van der Waals surface area contributed by atoms with Crippen LogP contribution in [-0.2, 0) is 10.2 Å². The van der Waals surface area contributed by atoms with Crippen LogP contribution in [0.1, 0.15) is 20.3 Å². The summed E-state index contributed by atoms with van der Waals surface area (Å²) in [6.07, 6.45) is 0.519. The summed E-state index contributed by atoms with van der Waals surface area (Å²) in [5.74, 6) is -0.637. The molecule has 5 heteroatoms. The SMILES string of the molecule is CC(Cl)CC(C)CS(=O)(=O)F. The molecule has 0 bridgehead atoms. The quantitative estimate of drug-likeness (QED) is 0.516. The highest BCUT2D eigenvalue weighted by molar-refractivity contribution is 7.86.